The number of aryl methyl sites for hydroxylation is 1. The molecule has 1 fully saturated rings. The zero-order valence-corrected chi connectivity index (χ0v) is 31.0. The smallest absolute Gasteiger partial charge is 0.309 e. The van der Waals surface area contributed by atoms with Gasteiger partial charge < -0.3 is 39.6 Å². The number of aliphatic hydroxyl groups is 3. The van der Waals surface area contributed by atoms with Crippen LogP contribution in [0.4, 0.5) is 4.39 Å². The van der Waals surface area contributed by atoms with Crippen molar-refractivity contribution < 1.29 is 48.2 Å². The number of rotatable bonds is 13. The molecule has 0 aromatic heterocycles. The highest BCUT2D eigenvalue weighted by atomic mass is 19.1. The van der Waals surface area contributed by atoms with Crippen molar-refractivity contribution in [3.05, 3.63) is 71.1 Å². The van der Waals surface area contributed by atoms with E-state index in [0.29, 0.717) is 17.7 Å². The van der Waals surface area contributed by atoms with E-state index < -0.39 is 53.4 Å². The molecule has 4 N–H and O–H groups in total. The number of allylic oxidation sites excluding steroid dienone is 2. The Morgan fingerprint density at radius 1 is 1.26 bits per heavy atom. The molecule has 11 atom stereocenters. The molecule has 11 heteroatoms. The molecule has 0 bridgehead atoms. The summed E-state index contributed by atoms with van der Waals surface area (Å²) in [4.78, 5) is 24.7. The zero-order chi connectivity index (χ0) is 37.4. The van der Waals surface area contributed by atoms with E-state index in [1.807, 2.05) is 13.0 Å². The molecule has 0 radical (unpaired) electrons. The molecule has 10 nitrogen and oxygen atoms in total. The molecule has 0 saturated carbocycles. The van der Waals surface area contributed by atoms with Crippen LogP contribution in [0, 0.1) is 24.6 Å². The molecule has 2 unspecified atom stereocenters. The van der Waals surface area contributed by atoms with Gasteiger partial charge in [0.1, 0.15) is 29.7 Å². The van der Waals surface area contributed by atoms with Gasteiger partial charge in [-0.1, -0.05) is 57.2 Å². The van der Waals surface area contributed by atoms with Gasteiger partial charge in [-0.2, -0.15) is 0 Å². The number of hydrogen-bond acceptors (Lipinski definition) is 10. The third kappa shape index (κ3) is 11.5. The van der Waals surface area contributed by atoms with E-state index in [2.05, 4.69) is 19.2 Å². The van der Waals surface area contributed by atoms with Gasteiger partial charge in [0, 0.05) is 32.4 Å². The number of nitrogens with one attached hydrogen (secondary N) is 1. The van der Waals surface area contributed by atoms with Crippen molar-refractivity contribution in [2.75, 3.05) is 7.11 Å². The van der Waals surface area contributed by atoms with Crippen molar-refractivity contribution in [2.45, 2.75) is 141 Å². The Bertz CT molecular complexity index is 1390. The number of methoxy groups -OCH3 is 1. The monoisotopic (exact) mass is 703 g/mol. The van der Waals surface area contributed by atoms with Crippen molar-refractivity contribution in [1.29, 1.82) is 0 Å². The Labute approximate surface area is 296 Å². The van der Waals surface area contributed by atoms with Crippen molar-refractivity contribution >= 4 is 11.9 Å². The van der Waals surface area contributed by atoms with Crippen LogP contribution in [0.15, 0.2) is 54.2 Å². The van der Waals surface area contributed by atoms with Gasteiger partial charge in [-0.05, 0) is 75.8 Å². The zero-order valence-electron chi connectivity index (χ0n) is 31.0. The van der Waals surface area contributed by atoms with Crippen LogP contribution < -0.4 is 5.32 Å². The number of esters is 2. The molecule has 50 heavy (non-hydrogen) atoms. The van der Waals surface area contributed by atoms with Gasteiger partial charge in [-0.25, -0.2) is 4.39 Å². The third-order valence-electron chi connectivity index (χ3n) is 9.95. The molecular formula is C39H58FNO9. The second-order valence-corrected chi connectivity index (χ2v) is 14.5. The summed E-state index contributed by atoms with van der Waals surface area (Å²) < 4.78 is 37.4. The van der Waals surface area contributed by atoms with Gasteiger partial charge in [0.05, 0.1) is 36.4 Å². The van der Waals surface area contributed by atoms with Crippen LogP contribution >= 0.6 is 0 Å². The highest BCUT2D eigenvalue weighted by molar-refractivity contribution is 5.70. The number of epoxide rings is 1. The summed E-state index contributed by atoms with van der Waals surface area (Å²) in [6.07, 6.45) is 5.88. The van der Waals surface area contributed by atoms with Gasteiger partial charge in [0.2, 0.25) is 0 Å². The molecule has 0 aliphatic carbocycles. The number of cyclic esters (lactones) is 1. The van der Waals surface area contributed by atoms with Crippen molar-refractivity contribution in [2.24, 2.45) is 11.8 Å². The minimum Gasteiger partial charge on any atom is -0.457 e. The average molecular weight is 704 g/mol. The summed E-state index contributed by atoms with van der Waals surface area (Å²) in [7, 11) is 1.68. The highest BCUT2D eigenvalue weighted by Crippen LogP contribution is 2.39. The molecule has 2 aliphatic rings. The second kappa shape index (κ2) is 18.0. The van der Waals surface area contributed by atoms with E-state index in [-0.39, 0.29) is 49.3 Å². The largest absolute Gasteiger partial charge is 0.457 e. The number of ether oxygens (including phenoxy) is 4. The Hall–Kier alpha value is -2.93. The van der Waals surface area contributed by atoms with E-state index in [4.69, 9.17) is 18.9 Å². The van der Waals surface area contributed by atoms with Crippen molar-refractivity contribution in [1.82, 2.24) is 5.32 Å². The Morgan fingerprint density at radius 3 is 2.58 bits per heavy atom. The molecule has 1 aromatic carbocycles. The quantitative estimate of drug-likeness (QED) is 0.0958. The molecule has 0 spiro atoms. The fraction of sp³-hybridized carbons (Fsp3) is 0.641. The summed E-state index contributed by atoms with van der Waals surface area (Å²) in [5.41, 5.74) is -0.950. The lowest BCUT2D eigenvalue weighted by Crippen LogP contribution is -2.52. The van der Waals surface area contributed by atoms with Gasteiger partial charge in [0.25, 0.3) is 0 Å². The normalized spacial score (nSPS) is 31.1. The van der Waals surface area contributed by atoms with Gasteiger partial charge in [0.15, 0.2) is 0 Å². The van der Waals surface area contributed by atoms with Crippen LogP contribution in [0.25, 0.3) is 0 Å². The molecule has 0 amide bonds. The predicted molar refractivity (Wildman–Crippen MR) is 188 cm³/mol. The average Bonchev–Trinajstić information content (AvgIpc) is 3.82. The van der Waals surface area contributed by atoms with Crippen LogP contribution in [0.3, 0.4) is 0 Å². The van der Waals surface area contributed by atoms with E-state index >= 15 is 0 Å². The summed E-state index contributed by atoms with van der Waals surface area (Å²) in [6.45, 7) is 14.2. The van der Waals surface area contributed by atoms with Crippen LogP contribution in [-0.2, 0) is 35.1 Å². The van der Waals surface area contributed by atoms with Crippen molar-refractivity contribution in [3.63, 3.8) is 0 Å². The Kier molecular flexibility index (Phi) is 15.0. The first-order valence-electron chi connectivity index (χ1n) is 17.6. The summed E-state index contributed by atoms with van der Waals surface area (Å²) in [5, 5.41) is 36.9. The summed E-state index contributed by atoms with van der Waals surface area (Å²) >= 11 is 0. The Balaban J connectivity index is 1.88. The minimum atomic E-state index is -1.47. The number of carbonyl (C=O) groups excluding carboxylic acids is 2. The molecular weight excluding hydrogens is 645 g/mol. The Morgan fingerprint density at radius 2 is 1.96 bits per heavy atom. The highest BCUT2D eigenvalue weighted by Gasteiger charge is 2.54. The molecule has 3 rings (SSSR count). The lowest BCUT2D eigenvalue weighted by molar-refractivity contribution is -0.157. The lowest BCUT2D eigenvalue weighted by atomic mass is 9.87. The number of aliphatic hydroxyl groups excluding tert-OH is 1. The van der Waals surface area contributed by atoms with E-state index in [1.54, 1.807) is 64.3 Å². The van der Waals surface area contributed by atoms with E-state index in [9.17, 15) is 29.3 Å². The molecule has 2 heterocycles. The minimum absolute atomic E-state index is 0.0100. The first-order chi connectivity index (χ1) is 23.4. The molecule has 1 saturated heterocycles. The van der Waals surface area contributed by atoms with Gasteiger partial charge in [-0.15, -0.1) is 0 Å². The third-order valence-corrected chi connectivity index (χ3v) is 9.95. The maximum atomic E-state index is 14.3. The van der Waals surface area contributed by atoms with Crippen LogP contribution in [0.1, 0.15) is 85.3 Å². The van der Waals surface area contributed by atoms with E-state index in [0.717, 1.165) is 12.0 Å². The lowest BCUT2D eigenvalue weighted by Gasteiger charge is -2.32. The predicted octanol–water partition coefficient (Wildman–Crippen LogP) is 5.01. The van der Waals surface area contributed by atoms with Crippen LogP contribution in [0.5, 0.6) is 0 Å². The SMILES string of the molecule is CC[C@H](OC)[C@@H](C)[C@H]1O[C@@H]1C(NCc1ccc(C)c(F)c1)C(C)(O)C=CC=C(C)[C@H]1OC(=O)C[C@H](O)CC[C@@](C)(O)[C@@H](OC(C)=O)C=C[C@@H]1C. The summed E-state index contributed by atoms with van der Waals surface area (Å²) in [5.74, 6) is -1.78. The second-order valence-electron chi connectivity index (χ2n) is 14.5. The van der Waals surface area contributed by atoms with Crippen LogP contribution in [-0.4, -0.2) is 88.2 Å². The van der Waals surface area contributed by atoms with Gasteiger partial charge in [-0.3, -0.25) is 9.59 Å². The van der Waals surface area contributed by atoms with Gasteiger partial charge >= 0.3 is 11.9 Å². The number of benzene rings is 1. The first kappa shape index (κ1) is 41.5. The fourth-order valence-electron chi connectivity index (χ4n) is 6.64. The molecule has 1 aromatic rings. The first-order valence-corrected chi connectivity index (χ1v) is 17.6. The van der Waals surface area contributed by atoms with Crippen molar-refractivity contribution in [3.8, 4) is 0 Å². The number of halogens is 1. The standard InChI is InChI=1S/C39H58FNO9/c1-10-31(47-9)26(5)35-36(50-35)37(41-22-28-15-13-23(2)30(40)20-28)39(8,46)18-11-12-24(3)34-25(4)14-16-32(48-27(6)42)38(7,45)19-17-29(43)21-33(44)49-34/h11-16,18,20,25-26,29,31-32,34-37,41,43,45-46H,10,17,19,21-22H2,1-9H3/t25-,26+,29+,31-,32-,34+,35+,36-,37?,38+,39?/m0/s1. The van der Waals surface area contributed by atoms with Crippen LogP contribution in [0.2, 0.25) is 0 Å². The maximum absolute atomic E-state index is 14.3. The number of carbonyl (C=O) groups is 2. The number of hydrogen-bond donors (Lipinski definition) is 4. The topological polar surface area (TPSA) is 147 Å². The fourth-order valence-corrected chi connectivity index (χ4v) is 6.64. The maximum Gasteiger partial charge on any atom is 0.309 e. The summed E-state index contributed by atoms with van der Waals surface area (Å²) in [6, 6.07) is 4.49. The van der Waals surface area contributed by atoms with E-state index in [1.165, 1.54) is 19.9 Å². The molecule has 280 valence electrons. The molecule has 2 aliphatic heterocycles.